The van der Waals surface area contributed by atoms with Gasteiger partial charge in [0.05, 0.1) is 0 Å². The number of benzene rings is 4. The molecule has 0 unspecified atom stereocenters. The molecule has 1 aliphatic heterocycles. The number of carbonyl (C=O) groups excluding carboxylic acids is 3. The summed E-state index contributed by atoms with van der Waals surface area (Å²) in [6.45, 7) is 0. The summed E-state index contributed by atoms with van der Waals surface area (Å²) < 4.78 is 0. The Morgan fingerprint density at radius 2 is 1.03 bits per heavy atom. The lowest BCUT2D eigenvalue weighted by Gasteiger charge is -2.29. The van der Waals surface area contributed by atoms with Crippen LogP contribution in [-0.4, -0.2) is 33.6 Å². The smallest absolute Gasteiger partial charge is 0.276 e. The number of rotatable bonds is 4. The Morgan fingerprint density at radius 1 is 0.583 bits per heavy atom. The van der Waals surface area contributed by atoms with Crippen LogP contribution in [0.2, 0.25) is 0 Å². The average molecular weight is 475 g/mol. The molecule has 3 amide bonds. The second kappa shape index (κ2) is 10.1. The standard InChI is InChI=1S/C29H22N4O3/c34-25(21-13-5-1-6-14-21)30-29-31-33(28(36)24-19-11-4-12-20-24)26(22-15-7-2-8-16-22)32(29)27(35)23-17-9-3-10-18-23/h1-20,26H,(H,30,31,34)/t26-/m0/s1. The van der Waals surface area contributed by atoms with E-state index in [9.17, 15) is 14.4 Å². The first kappa shape index (κ1) is 22.7. The number of hydrogen-bond donors (Lipinski definition) is 1. The van der Waals surface area contributed by atoms with E-state index in [0.29, 0.717) is 22.3 Å². The Hall–Kier alpha value is -5.04. The van der Waals surface area contributed by atoms with E-state index in [1.165, 1.54) is 9.91 Å². The molecule has 4 aromatic carbocycles. The number of nitrogens with zero attached hydrogens (tertiary/aromatic N) is 3. The molecule has 7 heteroatoms. The van der Waals surface area contributed by atoms with Crippen molar-refractivity contribution >= 4 is 23.7 Å². The highest BCUT2D eigenvalue weighted by atomic mass is 16.2. The van der Waals surface area contributed by atoms with Gasteiger partial charge in [0.25, 0.3) is 17.7 Å². The normalized spacial score (nSPS) is 14.8. The van der Waals surface area contributed by atoms with Crippen LogP contribution < -0.4 is 5.32 Å². The van der Waals surface area contributed by atoms with Gasteiger partial charge in [-0.25, -0.2) is 4.90 Å². The van der Waals surface area contributed by atoms with E-state index in [-0.39, 0.29) is 5.96 Å². The maximum atomic E-state index is 13.8. The van der Waals surface area contributed by atoms with Gasteiger partial charge in [0.2, 0.25) is 5.96 Å². The van der Waals surface area contributed by atoms with Gasteiger partial charge in [0.15, 0.2) is 6.17 Å². The second-order valence-electron chi connectivity index (χ2n) is 8.09. The van der Waals surface area contributed by atoms with Crippen molar-refractivity contribution in [2.45, 2.75) is 6.17 Å². The van der Waals surface area contributed by atoms with Crippen LogP contribution in [0.4, 0.5) is 0 Å². The zero-order valence-corrected chi connectivity index (χ0v) is 19.2. The number of carbonyl (C=O) groups is 3. The first-order valence-electron chi connectivity index (χ1n) is 11.4. The topological polar surface area (TPSA) is 82.1 Å². The Bertz CT molecular complexity index is 1410. The fourth-order valence-electron chi connectivity index (χ4n) is 3.99. The molecule has 1 heterocycles. The van der Waals surface area contributed by atoms with Crippen molar-refractivity contribution in [3.63, 3.8) is 0 Å². The summed E-state index contributed by atoms with van der Waals surface area (Å²) in [6.07, 6.45) is -0.905. The summed E-state index contributed by atoms with van der Waals surface area (Å²) in [5, 5.41) is 8.49. The predicted octanol–water partition coefficient (Wildman–Crippen LogP) is 4.68. The molecular weight excluding hydrogens is 452 g/mol. The molecule has 1 aliphatic rings. The SMILES string of the molecule is O=C(NC1=NN(C(=O)c2ccccc2)[C@@H](c2ccccc2)N1C(=O)c1ccccc1)c1ccccc1. The van der Waals surface area contributed by atoms with Crippen molar-refractivity contribution in [3.8, 4) is 0 Å². The first-order valence-corrected chi connectivity index (χ1v) is 11.4. The van der Waals surface area contributed by atoms with Gasteiger partial charge >= 0.3 is 0 Å². The highest BCUT2D eigenvalue weighted by Crippen LogP contribution is 2.33. The predicted molar refractivity (Wildman–Crippen MR) is 136 cm³/mol. The van der Waals surface area contributed by atoms with Gasteiger partial charge < -0.3 is 0 Å². The molecule has 7 nitrogen and oxygen atoms in total. The van der Waals surface area contributed by atoms with Crippen LogP contribution in [0.1, 0.15) is 42.8 Å². The van der Waals surface area contributed by atoms with Gasteiger partial charge in [-0.05, 0) is 42.0 Å². The summed E-state index contributed by atoms with van der Waals surface area (Å²) in [5.41, 5.74) is 1.87. The molecular formula is C29H22N4O3. The fraction of sp³-hybridized carbons (Fsp3) is 0.0345. The molecule has 1 atom stereocenters. The number of guanidine groups is 1. The lowest BCUT2D eigenvalue weighted by molar-refractivity contribution is 0.0529. The second-order valence-corrected chi connectivity index (χ2v) is 8.09. The lowest BCUT2D eigenvalue weighted by atomic mass is 10.1. The third kappa shape index (κ3) is 4.50. The molecule has 0 radical (unpaired) electrons. The molecule has 1 N–H and O–H groups in total. The Labute approximate surface area is 208 Å². The van der Waals surface area contributed by atoms with Gasteiger partial charge in [-0.15, -0.1) is 5.10 Å². The summed E-state index contributed by atoms with van der Waals surface area (Å²) in [7, 11) is 0. The summed E-state index contributed by atoms with van der Waals surface area (Å²) in [5.74, 6) is -1.28. The lowest BCUT2D eigenvalue weighted by Crippen LogP contribution is -2.47. The minimum absolute atomic E-state index is 0.0316. The van der Waals surface area contributed by atoms with Crippen LogP contribution in [0.3, 0.4) is 0 Å². The van der Waals surface area contributed by atoms with E-state index in [1.807, 2.05) is 42.5 Å². The number of amides is 3. The first-order chi connectivity index (χ1) is 17.6. The van der Waals surface area contributed by atoms with Crippen molar-refractivity contribution in [2.24, 2.45) is 5.10 Å². The average Bonchev–Trinajstić information content (AvgIpc) is 3.33. The summed E-state index contributed by atoms with van der Waals surface area (Å²) >= 11 is 0. The van der Waals surface area contributed by atoms with Crippen molar-refractivity contribution < 1.29 is 14.4 Å². The molecule has 0 spiro atoms. The minimum Gasteiger partial charge on any atom is -0.290 e. The zero-order valence-electron chi connectivity index (χ0n) is 19.2. The van der Waals surface area contributed by atoms with E-state index in [2.05, 4.69) is 10.4 Å². The monoisotopic (exact) mass is 474 g/mol. The maximum Gasteiger partial charge on any atom is 0.276 e. The van der Waals surface area contributed by atoms with E-state index in [1.54, 1.807) is 78.9 Å². The third-order valence-corrected chi connectivity index (χ3v) is 5.73. The van der Waals surface area contributed by atoms with Gasteiger partial charge in [-0.2, -0.15) is 5.01 Å². The largest absolute Gasteiger partial charge is 0.290 e. The van der Waals surface area contributed by atoms with Gasteiger partial charge in [0.1, 0.15) is 0 Å². The van der Waals surface area contributed by atoms with E-state index in [4.69, 9.17) is 0 Å². The van der Waals surface area contributed by atoms with E-state index < -0.39 is 23.9 Å². The van der Waals surface area contributed by atoms with Crippen LogP contribution in [0, 0.1) is 0 Å². The summed E-state index contributed by atoms with van der Waals surface area (Å²) in [4.78, 5) is 41.8. The number of hydrazone groups is 1. The Morgan fingerprint density at radius 3 is 1.56 bits per heavy atom. The maximum absolute atomic E-state index is 13.8. The van der Waals surface area contributed by atoms with Gasteiger partial charge in [-0.3, -0.25) is 19.7 Å². The molecule has 0 aliphatic carbocycles. The Kier molecular flexibility index (Phi) is 6.36. The molecule has 176 valence electrons. The van der Waals surface area contributed by atoms with E-state index in [0.717, 1.165) is 0 Å². The zero-order chi connectivity index (χ0) is 24.9. The highest BCUT2D eigenvalue weighted by Gasteiger charge is 2.43. The van der Waals surface area contributed by atoms with Gasteiger partial charge in [0, 0.05) is 16.7 Å². The van der Waals surface area contributed by atoms with Crippen LogP contribution in [0.15, 0.2) is 126 Å². The Balaban J connectivity index is 1.61. The molecule has 0 saturated carbocycles. The number of nitrogens with one attached hydrogen (secondary N) is 1. The molecule has 0 saturated heterocycles. The van der Waals surface area contributed by atoms with Crippen molar-refractivity contribution in [3.05, 3.63) is 144 Å². The molecule has 36 heavy (non-hydrogen) atoms. The van der Waals surface area contributed by atoms with Crippen molar-refractivity contribution in [2.75, 3.05) is 0 Å². The molecule has 0 aromatic heterocycles. The third-order valence-electron chi connectivity index (χ3n) is 5.73. The van der Waals surface area contributed by atoms with Crippen LogP contribution >= 0.6 is 0 Å². The molecule has 5 rings (SSSR count). The van der Waals surface area contributed by atoms with Crippen molar-refractivity contribution in [1.82, 2.24) is 15.2 Å². The van der Waals surface area contributed by atoms with Crippen LogP contribution in [-0.2, 0) is 0 Å². The molecule has 0 fully saturated rings. The fourth-order valence-corrected chi connectivity index (χ4v) is 3.99. The number of hydrogen-bond acceptors (Lipinski definition) is 4. The minimum atomic E-state index is -0.905. The van der Waals surface area contributed by atoms with Crippen LogP contribution in [0.25, 0.3) is 0 Å². The molecule has 0 bridgehead atoms. The van der Waals surface area contributed by atoms with Gasteiger partial charge in [-0.1, -0.05) is 84.9 Å². The molecule has 4 aromatic rings. The highest BCUT2D eigenvalue weighted by molar-refractivity contribution is 6.14. The van der Waals surface area contributed by atoms with Crippen LogP contribution in [0.5, 0.6) is 0 Å². The van der Waals surface area contributed by atoms with Crippen molar-refractivity contribution in [1.29, 1.82) is 0 Å². The summed E-state index contributed by atoms with van der Waals surface area (Å²) in [6, 6.07) is 35.2. The quantitative estimate of drug-likeness (QED) is 0.466. The van der Waals surface area contributed by atoms with E-state index >= 15 is 0 Å².